The topological polar surface area (TPSA) is 177 Å². The monoisotopic (exact) mass is 818 g/mol. The Morgan fingerprint density at radius 1 is 0.948 bits per heavy atom. The van der Waals surface area contributed by atoms with Crippen LogP contribution in [0.25, 0.3) is 10.8 Å². The highest BCUT2D eigenvalue weighted by molar-refractivity contribution is 7.91. The third kappa shape index (κ3) is 9.59. The minimum atomic E-state index is -4.85. The number of aromatic amines is 1. The van der Waals surface area contributed by atoms with E-state index in [0.717, 1.165) is 19.1 Å². The molecule has 1 saturated heterocycles. The number of nitrogens with zero attached hydrogens (tertiary/aromatic N) is 4. The summed E-state index contributed by atoms with van der Waals surface area (Å²) in [6.45, 7) is 3.85. The van der Waals surface area contributed by atoms with Crippen LogP contribution in [0.1, 0.15) is 45.2 Å². The summed E-state index contributed by atoms with van der Waals surface area (Å²) in [7, 11) is -4.21. The quantitative estimate of drug-likeness (QED) is 0.141. The lowest BCUT2D eigenvalue weighted by molar-refractivity contribution is -0.138. The molecular weight excluding hydrogens is 781 g/mol. The number of nitrogens with one attached hydrogen (secondary N) is 2. The lowest BCUT2D eigenvalue weighted by atomic mass is 9.94. The number of fused-ring (bicyclic) bond motifs is 1. The predicted octanol–water partition coefficient (Wildman–Crippen LogP) is 4.75. The van der Waals surface area contributed by atoms with Gasteiger partial charge in [0.05, 0.1) is 44.5 Å². The summed E-state index contributed by atoms with van der Waals surface area (Å²) >= 11 is 0. The van der Waals surface area contributed by atoms with Gasteiger partial charge >= 0.3 is 6.18 Å². The molecule has 1 aliphatic rings. The number of amides is 1. The predicted molar refractivity (Wildman–Crippen MR) is 206 cm³/mol. The molecule has 58 heavy (non-hydrogen) atoms. The zero-order chi connectivity index (χ0) is 41.8. The molecule has 4 aromatic carbocycles. The maximum Gasteiger partial charge on any atom is 0.417 e. The van der Waals surface area contributed by atoms with Crippen LogP contribution in [-0.2, 0) is 33.6 Å². The van der Waals surface area contributed by atoms with E-state index in [1.54, 1.807) is 35.2 Å². The van der Waals surface area contributed by atoms with Crippen LogP contribution < -0.4 is 10.9 Å². The number of hydrogen-bond donors (Lipinski definition) is 3. The highest BCUT2D eigenvalue weighted by atomic mass is 32.2. The molecule has 1 fully saturated rings. The van der Waals surface area contributed by atoms with Gasteiger partial charge in [0.25, 0.3) is 11.5 Å². The van der Waals surface area contributed by atoms with Gasteiger partial charge < -0.3 is 15.3 Å². The Morgan fingerprint density at radius 3 is 2.29 bits per heavy atom. The second kappa shape index (κ2) is 16.9. The number of aromatic nitrogens is 2. The molecule has 3 N–H and O–H groups in total. The molecule has 302 valence electrons. The van der Waals surface area contributed by atoms with Gasteiger partial charge in [0.2, 0.25) is 0 Å². The SMILES string of the molecule is C[C@](O)(CS(=O)(=O)c1ccc(NCCN2CCN(C(=O)c3cc(Cc4n[nH]c(=O)c5ccccc45)ccc3F)CC2)cc1)C(=O)Cc1ccc(C#N)c(C(F)(F)F)c1. The summed E-state index contributed by atoms with van der Waals surface area (Å²) in [5.74, 6) is -3.08. The van der Waals surface area contributed by atoms with Crippen LogP contribution >= 0.6 is 0 Å². The van der Waals surface area contributed by atoms with E-state index in [1.165, 1.54) is 42.5 Å². The van der Waals surface area contributed by atoms with E-state index in [2.05, 4.69) is 20.4 Å². The fourth-order valence-electron chi connectivity index (χ4n) is 6.77. The number of carbonyl (C=O) groups is 2. The number of Topliss-reactive ketones (excluding diaryl/α,β-unsaturated/α-hetero) is 1. The summed E-state index contributed by atoms with van der Waals surface area (Å²) < 4.78 is 81.3. The van der Waals surface area contributed by atoms with Crippen LogP contribution in [0.3, 0.4) is 0 Å². The van der Waals surface area contributed by atoms with Crippen molar-refractivity contribution in [1.29, 1.82) is 5.26 Å². The minimum Gasteiger partial charge on any atom is -0.384 e. The van der Waals surface area contributed by atoms with Crippen molar-refractivity contribution >= 4 is 38.0 Å². The summed E-state index contributed by atoms with van der Waals surface area (Å²) in [5, 5.41) is 30.8. The Hall–Kier alpha value is -5.96. The molecular formula is C41H38F4N6O6S. The van der Waals surface area contributed by atoms with E-state index >= 15 is 0 Å². The number of aliphatic hydroxyl groups is 1. The molecule has 1 amide bonds. The maximum atomic E-state index is 14.9. The van der Waals surface area contributed by atoms with E-state index in [9.17, 15) is 45.5 Å². The van der Waals surface area contributed by atoms with E-state index in [1.807, 2.05) is 0 Å². The first-order valence-electron chi connectivity index (χ1n) is 18.1. The lowest BCUT2D eigenvalue weighted by Gasteiger charge is -2.35. The van der Waals surface area contributed by atoms with Gasteiger partial charge in [-0.15, -0.1) is 0 Å². The molecule has 1 aromatic heterocycles. The molecule has 12 nitrogen and oxygen atoms in total. The first-order valence-corrected chi connectivity index (χ1v) is 19.8. The van der Waals surface area contributed by atoms with Crippen molar-refractivity contribution in [3.63, 3.8) is 0 Å². The number of ketones is 1. The zero-order valence-corrected chi connectivity index (χ0v) is 32.0. The number of H-pyrrole nitrogens is 1. The smallest absolute Gasteiger partial charge is 0.384 e. The Bertz CT molecular complexity index is 2560. The standard InChI is InChI=1S/C41H38F4N6O6S/c1-40(55,37(52)23-27-6-8-28(24-46)34(21-27)41(43,44)45)25-58(56,57)30-11-9-29(10-12-30)47-14-15-50-16-18-51(19-17-50)39(54)33-20-26(7-13-35(33)42)22-36-31-4-2-3-5-32(31)38(53)49-48-36/h2-13,20-21,47,55H,14-19,22-23,25H2,1H3,(H,49,53)/t40-/m0/s1. The highest BCUT2D eigenvalue weighted by Crippen LogP contribution is 2.33. The summed E-state index contributed by atoms with van der Waals surface area (Å²) in [6, 6.07) is 21.2. The Balaban J connectivity index is 0.979. The van der Waals surface area contributed by atoms with E-state index in [0.29, 0.717) is 73.1 Å². The molecule has 1 aliphatic heterocycles. The number of halogens is 4. The van der Waals surface area contributed by atoms with E-state index in [-0.39, 0.29) is 28.0 Å². The normalized spacial score (nSPS) is 14.8. The number of piperazine rings is 1. The number of rotatable bonds is 13. The van der Waals surface area contributed by atoms with E-state index < -0.39 is 62.4 Å². The molecule has 0 aliphatic carbocycles. The number of anilines is 1. The van der Waals surface area contributed by atoms with Crippen LogP contribution in [0.5, 0.6) is 0 Å². The molecule has 0 unspecified atom stereocenters. The minimum absolute atomic E-state index is 0.0481. The third-order valence-electron chi connectivity index (χ3n) is 9.98. The molecule has 2 heterocycles. The molecule has 0 saturated carbocycles. The van der Waals surface area contributed by atoms with Gasteiger partial charge in [-0.3, -0.25) is 19.3 Å². The fraction of sp³-hybridized carbons (Fsp3) is 0.293. The summed E-state index contributed by atoms with van der Waals surface area (Å²) in [5.41, 5.74) is -2.93. The maximum absolute atomic E-state index is 14.9. The van der Waals surface area contributed by atoms with Gasteiger partial charge in [-0.2, -0.15) is 23.5 Å². The van der Waals surface area contributed by atoms with Gasteiger partial charge in [0.15, 0.2) is 15.6 Å². The van der Waals surface area contributed by atoms with Crippen LogP contribution in [-0.4, -0.2) is 95.8 Å². The average molecular weight is 819 g/mol. The van der Waals surface area contributed by atoms with Crippen molar-refractivity contribution in [2.45, 2.75) is 36.4 Å². The number of benzene rings is 4. The zero-order valence-electron chi connectivity index (χ0n) is 31.1. The Labute approximate surface area is 330 Å². The molecule has 17 heteroatoms. The van der Waals surface area contributed by atoms with Gasteiger partial charge in [-0.05, 0) is 72.6 Å². The second-order valence-corrected chi connectivity index (χ2v) is 16.2. The lowest BCUT2D eigenvalue weighted by Crippen LogP contribution is -2.49. The Morgan fingerprint density at radius 2 is 1.62 bits per heavy atom. The second-order valence-electron chi connectivity index (χ2n) is 14.2. The van der Waals surface area contributed by atoms with Crippen LogP contribution in [0.4, 0.5) is 23.2 Å². The number of nitriles is 1. The van der Waals surface area contributed by atoms with Gasteiger partial charge in [0, 0.05) is 63.2 Å². The molecule has 5 aromatic rings. The fourth-order valence-corrected chi connectivity index (χ4v) is 8.39. The van der Waals surface area contributed by atoms with Crippen molar-refractivity contribution in [3.8, 4) is 6.07 Å². The summed E-state index contributed by atoms with van der Waals surface area (Å²) in [6.07, 6.45) is -5.26. The first-order chi connectivity index (χ1) is 27.4. The molecule has 0 spiro atoms. The summed E-state index contributed by atoms with van der Waals surface area (Å²) in [4.78, 5) is 42.0. The van der Waals surface area contributed by atoms with E-state index in [4.69, 9.17) is 5.26 Å². The number of sulfone groups is 1. The number of alkyl halides is 3. The van der Waals surface area contributed by atoms with Crippen LogP contribution in [0, 0.1) is 17.1 Å². The van der Waals surface area contributed by atoms with Crippen LogP contribution in [0.15, 0.2) is 94.6 Å². The molecule has 1 atom stereocenters. The third-order valence-corrected chi connectivity index (χ3v) is 11.9. The van der Waals surface area contributed by atoms with Crippen molar-refractivity contribution in [3.05, 3.63) is 135 Å². The first kappa shape index (κ1) is 41.7. The van der Waals surface area contributed by atoms with Gasteiger partial charge in [-0.25, -0.2) is 17.9 Å². The van der Waals surface area contributed by atoms with Crippen molar-refractivity contribution < 1.29 is 40.7 Å². The van der Waals surface area contributed by atoms with Gasteiger partial charge in [-0.1, -0.05) is 30.3 Å². The van der Waals surface area contributed by atoms with Crippen molar-refractivity contribution in [1.82, 2.24) is 20.0 Å². The number of carbonyl (C=O) groups excluding carboxylic acids is 2. The molecule has 0 radical (unpaired) electrons. The van der Waals surface area contributed by atoms with Crippen LogP contribution in [0.2, 0.25) is 0 Å². The molecule has 0 bridgehead atoms. The number of hydrogen-bond acceptors (Lipinski definition) is 10. The molecule has 6 rings (SSSR count). The van der Waals surface area contributed by atoms with Gasteiger partial charge in [0.1, 0.15) is 11.4 Å². The van der Waals surface area contributed by atoms with Crippen molar-refractivity contribution in [2.24, 2.45) is 0 Å². The Kier molecular flexibility index (Phi) is 12.1. The largest absolute Gasteiger partial charge is 0.417 e. The van der Waals surface area contributed by atoms with Crippen molar-refractivity contribution in [2.75, 3.05) is 50.3 Å². The highest BCUT2D eigenvalue weighted by Gasteiger charge is 2.38. The average Bonchev–Trinajstić information content (AvgIpc) is 3.19.